The maximum absolute atomic E-state index is 13.4. The van der Waals surface area contributed by atoms with Crippen LogP contribution < -0.4 is 4.90 Å². The van der Waals surface area contributed by atoms with Crippen molar-refractivity contribution in [1.29, 1.82) is 0 Å². The van der Waals surface area contributed by atoms with Gasteiger partial charge in [0.25, 0.3) is 11.8 Å². The first-order valence-corrected chi connectivity index (χ1v) is 14.3. The van der Waals surface area contributed by atoms with Crippen LogP contribution in [0.25, 0.3) is 10.2 Å². The highest BCUT2D eigenvalue weighted by molar-refractivity contribution is 9.15. The van der Waals surface area contributed by atoms with Gasteiger partial charge in [0.2, 0.25) is 0 Å². The summed E-state index contributed by atoms with van der Waals surface area (Å²) < 4.78 is 17.4. The monoisotopic (exact) mass is 732 g/mol. The molecule has 5 rings (SSSR count). The van der Waals surface area contributed by atoms with Crippen molar-refractivity contribution in [2.24, 2.45) is 0 Å². The molecule has 0 spiro atoms. The van der Waals surface area contributed by atoms with Crippen molar-refractivity contribution in [2.75, 3.05) is 4.90 Å². The molecule has 0 saturated carbocycles. The number of anilines is 1. The highest BCUT2D eigenvalue weighted by atomic mass is 79.9. The molecule has 0 saturated heterocycles. The molecule has 11 heteroatoms. The minimum Gasteiger partial charge on any atom is -0.268 e. The first kappa shape index (κ1) is 23.6. The van der Waals surface area contributed by atoms with Crippen LogP contribution in [0.4, 0.5) is 10.1 Å². The van der Waals surface area contributed by atoms with E-state index < -0.39 is 11.8 Å². The number of thioether (sulfide) groups is 1. The zero-order chi connectivity index (χ0) is 23.4. The fourth-order valence-corrected chi connectivity index (χ4v) is 7.95. The standard InChI is InChI=1S/C22H9Br4FN2O2S2/c23-16-14-15(17(24)19(26)18(16)25)21(31)29(20(14)30)11-4-5-12-13(7-11)33-22(28-12)32-8-9-2-1-3-10(27)6-9/h1-7H,8H2. The Morgan fingerprint density at radius 1 is 0.909 bits per heavy atom. The summed E-state index contributed by atoms with van der Waals surface area (Å²) in [5, 5.41) is 0. The lowest BCUT2D eigenvalue weighted by atomic mass is 10.1. The van der Waals surface area contributed by atoms with Crippen molar-refractivity contribution in [3.63, 3.8) is 0 Å². The number of hydrogen-bond donors (Lipinski definition) is 0. The van der Waals surface area contributed by atoms with Crippen LogP contribution in [-0.4, -0.2) is 16.8 Å². The second-order valence-electron chi connectivity index (χ2n) is 7.00. The van der Waals surface area contributed by atoms with Crippen molar-refractivity contribution in [2.45, 2.75) is 10.1 Å². The highest BCUT2D eigenvalue weighted by Gasteiger charge is 2.42. The van der Waals surface area contributed by atoms with Gasteiger partial charge in [-0.05, 0) is 99.6 Å². The Labute approximate surface area is 229 Å². The van der Waals surface area contributed by atoms with Crippen LogP contribution >= 0.6 is 86.8 Å². The van der Waals surface area contributed by atoms with Crippen molar-refractivity contribution in [3.8, 4) is 0 Å². The van der Waals surface area contributed by atoms with Gasteiger partial charge in [-0.2, -0.15) is 0 Å². The molecule has 4 nitrogen and oxygen atoms in total. The molecular weight excluding hydrogens is 727 g/mol. The van der Waals surface area contributed by atoms with Crippen LogP contribution in [-0.2, 0) is 5.75 Å². The van der Waals surface area contributed by atoms with Gasteiger partial charge in [0, 0.05) is 23.6 Å². The molecule has 166 valence electrons. The summed E-state index contributed by atoms with van der Waals surface area (Å²) >= 11 is 16.7. The molecule has 0 unspecified atom stereocenters. The van der Waals surface area contributed by atoms with Crippen molar-refractivity contribution >= 4 is 115 Å². The van der Waals surface area contributed by atoms with Gasteiger partial charge in [-0.3, -0.25) is 9.59 Å². The number of nitrogens with zero attached hydrogens (tertiary/aromatic N) is 2. The number of fused-ring (bicyclic) bond motifs is 2. The summed E-state index contributed by atoms with van der Waals surface area (Å²) in [7, 11) is 0. The van der Waals surface area contributed by atoms with Crippen LogP contribution in [0.2, 0.25) is 0 Å². The van der Waals surface area contributed by atoms with Crippen LogP contribution in [0.5, 0.6) is 0 Å². The number of carbonyl (C=O) groups is 2. The number of carbonyl (C=O) groups excluding carboxylic acids is 2. The number of hydrogen-bond acceptors (Lipinski definition) is 5. The Hall–Kier alpha value is -1.11. The first-order valence-electron chi connectivity index (χ1n) is 9.29. The number of benzene rings is 3. The van der Waals surface area contributed by atoms with Gasteiger partial charge in [-0.15, -0.1) is 11.3 Å². The topological polar surface area (TPSA) is 50.3 Å². The molecule has 0 fully saturated rings. The first-order chi connectivity index (χ1) is 15.8. The van der Waals surface area contributed by atoms with E-state index in [1.54, 1.807) is 24.3 Å². The Bertz CT molecular complexity index is 1440. The minimum atomic E-state index is -0.402. The quantitative estimate of drug-likeness (QED) is 0.0913. The molecule has 0 radical (unpaired) electrons. The van der Waals surface area contributed by atoms with Gasteiger partial charge in [-0.25, -0.2) is 14.3 Å². The zero-order valence-corrected chi connectivity index (χ0v) is 24.1. The molecule has 1 aromatic heterocycles. The van der Waals surface area contributed by atoms with Crippen LogP contribution in [0.3, 0.4) is 0 Å². The van der Waals surface area contributed by atoms with E-state index in [9.17, 15) is 14.0 Å². The second-order valence-corrected chi connectivity index (χ2v) is 12.4. The smallest absolute Gasteiger partial charge is 0.267 e. The van der Waals surface area contributed by atoms with E-state index in [-0.39, 0.29) is 5.82 Å². The summed E-state index contributed by atoms with van der Waals surface area (Å²) in [6.45, 7) is 0. The summed E-state index contributed by atoms with van der Waals surface area (Å²) in [6, 6.07) is 11.8. The van der Waals surface area contributed by atoms with Gasteiger partial charge in [0.15, 0.2) is 4.34 Å². The largest absolute Gasteiger partial charge is 0.268 e. The van der Waals surface area contributed by atoms with Crippen molar-refractivity contribution in [3.05, 3.63) is 82.9 Å². The number of amides is 2. The van der Waals surface area contributed by atoms with E-state index in [2.05, 4.69) is 68.7 Å². The summed E-state index contributed by atoms with van der Waals surface area (Å²) in [5.74, 6) is -0.477. The summed E-state index contributed by atoms with van der Waals surface area (Å²) in [6.07, 6.45) is 0. The molecule has 0 atom stereocenters. The molecular formula is C22H9Br4FN2O2S2. The van der Waals surface area contributed by atoms with Crippen molar-refractivity contribution in [1.82, 2.24) is 4.98 Å². The number of halogens is 5. The van der Waals surface area contributed by atoms with Crippen LogP contribution in [0.15, 0.2) is 64.7 Å². The average Bonchev–Trinajstić information content (AvgIpc) is 3.32. The van der Waals surface area contributed by atoms with Gasteiger partial charge < -0.3 is 0 Å². The van der Waals surface area contributed by atoms with E-state index >= 15 is 0 Å². The number of thiazole rings is 1. The molecule has 2 heterocycles. The lowest BCUT2D eigenvalue weighted by Gasteiger charge is -2.13. The number of imide groups is 1. The Balaban J connectivity index is 1.47. The van der Waals surface area contributed by atoms with E-state index in [1.807, 2.05) is 6.07 Å². The molecule has 3 aromatic carbocycles. The SMILES string of the molecule is O=C1c2c(Br)c(Br)c(Br)c(Br)c2C(=O)N1c1ccc2nc(SCc3cccc(F)c3)sc2c1. The molecule has 0 N–H and O–H groups in total. The number of rotatable bonds is 4. The fourth-order valence-electron chi connectivity index (χ4n) is 3.45. The predicted molar refractivity (Wildman–Crippen MR) is 144 cm³/mol. The zero-order valence-electron chi connectivity index (χ0n) is 16.2. The molecule has 0 aliphatic carbocycles. The molecule has 33 heavy (non-hydrogen) atoms. The lowest BCUT2D eigenvalue weighted by molar-refractivity contribution is 0.0926. The molecule has 4 aromatic rings. The van der Waals surface area contributed by atoms with E-state index in [1.165, 1.54) is 40.1 Å². The van der Waals surface area contributed by atoms with Gasteiger partial charge in [-0.1, -0.05) is 23.9 Å². The Morgan fingerprint density at radius 3 is 2.21 bits per heavy atom. The molecule has 1 aliphatic rings. The van der Waals surface area contributed by atoms with E-state index in [4.69, 9.17) is 0 Å². The van der Waals surface area contributed by atoms with Crippen LogP contribution in [0, 0.1) is 5.82 Å². The number of aromatic nitrogens is 1. The normalized spacial score (nSPS) is 13.3. The van der Waals surface area contributed by atoms with Crippen LogP contribution in [0.1, 0.15) is 26.3 Å². The molecule has 0 bridgehead atoms. The van der Waals surface area contributed by atoms with Crippen molar-refractivity contribution < 1.29 is 14.0 Å². The minimum absolute atomic E-state index is 0.264. The Morgan fingerprint density at radius 2 is 1.58 bits per heavy atom. The van der Waals surface area contributed by atoms with Gasteiger partial charge in [0.05, 0.1) is 27.0 Å². The third-order valence-electron chi connectivity index (χ3n) is 4.96. The average molecular weight is 736 g/mol. The summed E-state index contributed by atoms with van der Waals surface area (Å²) in [5.41, 5.74) is 2.73. The maximum atomic E-state index is 13.4. The van der Waals surface area contributed by atoms with E-state index in [0.29, 0.717) is 40.5 Å². The highest BCUT2D eigenvalue weighted by Crippen LogP contribution is 2.46. The Kier molecular flexibility index (Phi) is 6.56. The van der Waals surface area contributed by atoms with E-state index in [0.717, 1.165) is 20.1 Å². The third kappa shape index (κ3) is 4.14. The lowest BCUT2D eigenvalue weighted by Crippen LogP contribution is -2.29. The molecule has 2 amide bonds. The summed E-state index contributed by atoms with van der Waals surface area (Å²) in [4.78, 5) is 32.3. The second kappa shape index (κ2) is 9.16. The molecule has 1 aliphatic heterocycles. The third-order valence-corrected chi connectivity index (χ3v) is 12.0. The van der Waals surface area contributed by atoms with Gasteiger partial charge in [0.1, 0.15) is 5.82 Å². The predicted octanol–water partition coefficient (Wildman–Crippen LogP) is 8.58. The maximum Gasteiger partial charge on any atom is 0.267 e. The van der Waals surface area contributed by atoms with Gasteiger partial charge >= 0.3 is 0 Å². The fraction of sp³-hybridized carbons (Fsp3) is 0.0455.